The van der Waals surface area contributed by atoms with Gasteiger partial charge in [-0.2, -0.15) is 0 Å². The van der Waals surface area contributed by atoms with E-state index in [4.69, 9.17) is 14.2 Å². The molecule has 1 rings (SSSR count). The van der Waals surface area contributed by atoms with E-state index in [-0.39, 0.29) is 30.3 Å². The lowest BCUT2D eigenvalue weighted by molar-refractivity contribution is -0.149. The van der Waals surface area contributed by atoms with E-state index < -0.39 is 0 Å². The molecular weight excluding hydrogens is 236 g/mol. The Morgan fingerprint density at radius 2 is 2.00 bits per heavy atom. The number of carbonyl (C=O) groups excluding carboxylic acids is 2. The van der Waals surface area contributed by atoms with Gasteiger partial charge in [-0.15, -0.1) is 0 Å². The zero-order chi connectivity index (χ0) is 13.5. The Balaban J connectivity index is 2.28. The second-order valence-electron chi connectivity index (χ2n) is 4.57. The van der Waals surface area contributed by atoms with E-state index in [0.717, 1.165) is 25.7 Å². The van der Waals surface area contributed by atoms with Gasteiger partial charge in [0.1, 0.15) is 6.10 Å². The largest absolute Gasteiger partial charge is 0.466 e. The van der Waals surface area contributed by atoms with Crippen molar-refractivity contribution in [2.24, 2.45) is 0 Å². The molecule has 0 spiro atoms. The van der Waals surface area contributed by atoms with Crippen molar-refractivity contribution in [2.75, 3.05) is 6.61 Å². The first-order valence-electron chi connectivity index (χ1n) is 6.49. The summed E-state index contributed by atoms with van der Waals surface area (Å²) in [6, 6.07) is 0. The third-order valence-electron chi connectivity index (χ3n) is 2.97. The van der Waals surface area contributed by atoms with Gasteiger partial charge in [-0.1, -0.05) is 6.92 Å². The Labute approximate surface area is 108 Å². The molecule has 5 nitrogen and oxygen atoms in total. The first-order chi connectivity index (χ1) is 8.52. The zero-order valence-corrected chi connectivity index (χ0v) is 11.3. The third-order valence-corrected chi connectivity index (χ3v) is 2.97. The smallest absolute Gasteiger partial charge is 0.302 e. The summed E-state index contributed by atoms with van der Waals surface area (Å²) < 4.78 is 15.9. The number of esters is 2. The van der Waals surface area contributed by atoms with Crippen LogP contribution >= 0.6 is 0 Å². The fourth-order valence-electron chi connectivity index (χ4n) is 2.21. The molecule has 0 N–H and O–H groups in total. The van der Waals surface area contributed by atoms with Crippen LogP contribution in [0.2, 0.25) is 0 Å². The lowest BCUT2D eigenvalue weighted by Gasteiger charge is -2.16. The van der Waals surface area contributed by atoms with Crippen molar-refractivity contribution in [3.05, 3.63) is 0 Å². The monoisotopic (exact) mass is 258 g/mol. The highest BCUT2D eigenvalue weighted by molar-refractivity contribution is 5.66. The van der Waals surface area contributed by atoms with Gasteiger partial charge >= 0.3 is 11.9 Å². The molecule has 104 valence electrons. The molecule has 5 heteroatoms. The van der Waals surface area contributed by atoms with Gasteiger partial charge < -0.3 is 14.2 Å². The Kier molecular flexibility index (Phi) is 6.12. The van der Waals surface area contributed by atoms with Crippen LogP contribution in [0.5, 0.6) is 0 Å². The van der Waals surface area contributed by atoms with Gasteiger partial charge in [0.2, 0.25) is 0 Å². The average molecular weight is 258 g/mol. The van der Waals surface area contributed by atoms with Crippen molar-refractivity contribution in [3.8, 4) is 0 Å². The molecule has 0 aromatic rings. The van der Waals surface area contributed by atoms with Gasteiger partial charge in [0.15, 0.2) is 0 Å². The van der Waals surface area contributed by atoms with Crippen molar-refractivity contribution in [2.45, 2.75) is 64.8 Å². The highest BCUT2D eigenvalue weighted by atomic mass is 16.6. The Morgan fingerprint density at radius 3 is 2.56 bits per heavy atom. The second-order valence-corrected chi connectivity index (χ2v) is 4.57. The summed E-state index contributed by atoms with van der Waals surface area (Å²) in [6.45, 7) is 5.25. The summed E-state index contributed by atoms with van der Waals surface area (Å²) in [5, 5.41) is 0. The summed E-state index contributed by atoms with van der Waals surface area (Å²) >= 11 is 0. The fourth-order valence-corrected chi connectivity index (χ4v) is 2.21. The van der Waals surface area contributed by atoms with Crippen molar-refractivity contribution >= 4 is 11.9 Å². The van der Waals surface area contributed by atoms with Crippen LogP contribution in [0.3, 0.4) is 0 Å². The van der Waals surface area contributed by atoms with E-state index in [0.29, 0.717) is 6.61 Å². The molecule has 18 heavy (non-hydrogen) atoms. The van der Waals surface area contributed by atoms with Crippen LogP contribution in [0.4, 0.5) is 0 Å². The molecule has 0 aliphatic carbocycles. The lowest BCUT2D eigenvalue weighted by atomic mass is 10.1. The summed E-state index contributed by atoms with van der Waals surface area (Å²) in [6.07, 6.45) is 3.11. The second kappa shape index (κ2) is 7.36. The maximum Gasteiger partial charge on any atom is 0.302 e. The van der Waals surface area contributed by atoms with Crippen LogP contribution in [0, 0.1) is 0 Å². The van der Waals surface area contributed by atoms with E-state index in [1.165, 1.54) is 13.8 Å². The molecule has 1 aliphatic heterocycles. The molecule has 0 amide bonds. The molecule has 0 bridgehead atoms. The van der Waals surface area contributed by atoms with Crippen LogP contribution in [-0.4, -0.2) is 36.9 Å². The molecule has 1 fully saturated rings. The molecule has 1 aliphatic rings. The molecule has 0 saturated carbocycles. The number of rotatable bonds is 6. The molecule has 1 saturated heterocycles. The summed E-state index contributed by atoms with van der Waals surface area (Å²) in [5.41, 5.74) is 0. The molecule has 1 heterocycles. The van der Waals surface area contributed by atoms with E-state index >= 15 is 0 Å². The predicted molar refractivity (Wildman–Crippen MR) is 65.0 cm³/mol. The summed E-state index contributed by atoms with van der Waals surface area (Å²) in [4.78, 5) is 21.6. The number of ether oxygens (including phenoxy) is 3. The van der Waals surface area contributed by atoms with Crippen molar-refractivity contribution < 1.29 is 23.8 Å². The van der Waals surface area contributed by atoms with Gasteiger partial charge in [-0.05, 0) is 19.3 Å². The van der Waals surface area contributed by atoms with Crippen LogP contribution in [0.15, 0.2) is 0 Å². The van der Waals surface area contributed by atoms with E-state index in [9.17, 15) is 9.59 Å². The Morgan fingerprint density at radius 1 is 1.28 bits per heavy atom. The standard InChI is InChI=1S/C13H22O5/c1-4-12-13(17-10(3)15)8-11(18-12)6-5-7-16-9(2)14/h11-13H,4-8H2,1-3H3/t11-,12+,13+/m0/s1. The van der Waals surface area contributed by atoms with Gasteiger partial charge in [-0.3, -0.25) is 9.59 Å². The van der Waals surface area contributed by atoms with E-state index in [1.54, 1.807) is 0 Å². The topological polar surface area (TPSA) is 61.8 Å². The highest BCUT2D eigenvalue weighted by Crippen LogP contribution is 2.28. The Hall–Kier alpha value is -1.10. The summed E-state index contributed by atoms with van der Waals surface area (Å²) in [7, 11) is 0. The highest BCUT2D eigenvalue weighted by Gasteiger charge is 2.35. The maximum atomic E-state index is 11.0. The molecule has 0 radical (unpaired) electrons. The van der Waals surface area contributed by atoms with Gasteiger partial charge in [0.25, 0.3) is 0 Å². The number of carbonyl (C=O) groups is 2. The molecule has 0 unspecified atom stereocenters. The minimum absolute atomic E-state index is 0.00683. The first kappa shape index (κ1) is 15.0. The van der Waals surface area contributed by atoms with Crippen LogP contribution in [-0.2, 0) is 23.8 Å². The van der Waals surface area contributed by atoms with Crippen LogP contribution in [0.25, 0.3) is 0 Å². The van der Waals surface area contributed by atoms with Gasteiger partial charge in [0.05, 0.1) is 18.8 Å². The van der Waals surface area contributed by atoms with Crippen LogP contribution < -0.4 is 0 Å². The SMILES string of the molecule is CC[C@H]1O[C@@H](CCCOC(C)=O)C[C@H]1OC(C)=O. The number of hydrogen-bond donors (Lipinski definition) is 0. The van der Waals surface area contributed by atoms with Crippen molar-refractivity contribution in [1.82, 2.24) is 0 Å². The minimum Gasteiger partial charge on any atom is -0.466 e. The van der Waals surface area contributed by atoms with Crippen molar-refractivity contribution in [3.63, 3.8) is 0 Å². The van der Waals surface area contributed by atoms with Crippen molar-refractivity contribution in [1.29, 1.82) is 0 Å². The number of hydrogen-bond acceptors (Lipinski definition) is 5. The van der Waals surface area contributed by atoms with Gasteiger partial charge in [0, 0.05) is 20.3 Å². The van der Waals surface area contributed by atoms with E-state index in [1.807, 2.05) is 6.92 Å². The molecule has 0 aromatic carbocycles. The quantitative estimate of drug-likeness (QED) is 0.537. The minimum atomic E-state index is -0.261. The normalized spacial score (nSPS) is 26.9. The average Bonchev–Trinajstić information content (AvgIpc) is 2.65. The van der Waals surface area contributed by atoms with E-state index in [2.05, 4.69) is 0 Å². The maximum absolute atomic E-state index is 11.0. The summed E-state index contributed by atoms with van der Waals surface area (Å²) in [5.74, 6) is -0.519. The zero-order valence-electron chi connectivity index (χ0n) is 11.3. The van der Waals surface area contributed by atoms with Gasteiger partial charge in [-0.25, -0.2) is 0 Å². The molecular formula is C13H22O5. The lowest BCUT2D eigenvalue weighted by Crippen LogP contribution is -2.25. The third kappa shape index (κ3) is 5.04. The molecule has 0 aromatic heterocycles. The Bertz CT molecular complexity index is 289. The predicted octanol–water partition coefficient (Wildman–Crippen LogP) is 1.83. The first-order valence-corrected chi connectivity index (χ1v) is 6.49. The van der Waals surface area contributed by atoms with Crippen LogP contribution in [0.1, 0.15) is 46.5 Å². The molecule has 3 atom stereocenters. The fraction of sp³-hybridized carbons (Fsp3) is 0.846.